The average molecular weight is 520 g/mol. The molecular weight excluding hydrogens is 486 g/mol. The number of rotatable bonds is 3. The van der Waals surface area contributed by atoms with E-state index >= 15 is 0 Å². The Morgan fingerprint density at radius 1 is 0.475 bits per heavy atom. The molecular formula is C37H29N3. The third-order valence-electron chi connectivity index (χ3n) is 8.11. The Labute approximate surface area is 240 Å². The Bertz CT molecular complexity index is 2060. The largest absolute Gasteiger partial charge is 0.208 e. The standard InChI is InChI=1S/C37H29N3/c1-3-12-26(13-4-1)34-38-35(28-18-17-25-11-5-6-14-27(25)23-28)40-36(39-34)29-19-20-31-30-15-7-8-16-32(30)37(33(31)24-29)21-9-2-10-22-37/h1,3-8,11-20,23-24H,2,9-10,21-22H2/i21D2,22D2. The molecule has 0 atom stereocenters. The fourth-order valence-corrected chi connectivity index (χ4v) is 6.18. The predicted octanol–water partition coefficient (Wildman–Crippen LogP) is 9.26. The SMILES string of the molecule is [2H]C1([2H])CCCC([2H])([2H])C12c1ccccc1-c1ccc(-c3nc(-c4ccccc4)nc(-c4ccc5ccccc5c4)n3)cc12. The smallest absolute Gasteiger partial charge is 0.164 e. The van der Waals surface area contributed by atoms with Crippen LogP contribution in [0.2, 0.25) is 0 Å². The van der Waals surface area contributed by atoms with E-state index in [1.807, 2.05) is 91.0 Å². The zero-order valence-electron chi connectivity index (χ0n) is 25.9. The summed E-state index contributed by atoms with van der Waals surface area (Å²) in [6.45, 7) is 0. The number of aromatic nitrogens is 3. The molecule has 8 rings (SSSR count). The van der Waals surface area contributed by atoms with Gasteiger partial charge in [-0.1, -0.05) is 122 Å². The van der Waals surface area contributed by atoms with E-state index in [0.717, 1.165) is 38.6 Å². The van der Waals surface area contributed by atoms with Crippen LogP contribution in [-0.4, -0.2) is 15.0 Å². The third-order valence-corrected chi connectivity index (χ3v) is 8.11. The number of hydrogen-bond acceptors (Lipinski definition) is 3. The monoisotopic (exact) mass is 519 g/mol. The zero-order valence-corrected chi connectivity index (χ0v) is 21.9. The van der Waals surface area contributed by atoms with Gasteiger partial charge in [-0.3, -0.25) is 0 Å². The Morgan fingerprint density at radius 2 is 1.07 bits per heavy atom. The van der Waals surface area contributed by atoms with E-state index in [2.05, 4.69) is 24.3 Å². The van der Waals surface area contributed by atoms with E-state index < -0.39 is 18.2 Å². The van der Waals surface area contributed by atoms with Crippen LogP contribution in [0, 0.1) is 0 Å². The molecule has 0 aliphatic heterocycles. The van der Waals surface area contributed by atoms with Crippen molar-refractivity contribution in [3.63, 3.8) is 0 Å². The van der Waals surface area contributed by atoms with Crippen LogP contribution in [0.25, 0.3) is 56.1 Å². The van der Waals surface area contributed by atoms with Crippen molar-refractivity contribution < 1.29 is 5.48 Å². The van der Waals surface area contributed by atoms with Gasteiger partial charge in [0.05, 0.1) is 0 Å². The topological polar surface area (TPSA) is 38.7 Å². The normalized spacial score (nSPS) is 19.2. The average Bonchev–Trinajstić information content (AvgIpc) is 3.35. The highest BCUT2D eigenvalue weighted by atomic mass is 15.0. The highest BCUT2D eigenvalue weighted by Crippen LogP contribution is 2.56. The van der Waals surface area contributed by atoms with Gasteiger partial charge in [0.15, 0.2) is 17.5 Å². The molecule has 0 radical (unpaired) electrons. The first-order chi connectivity index (χ1) is 21.3. The Hall–Kier alpha value is -4.63. The second-order valence-corrected chi connectivity index (χ2v) is 10.5. The summed E-state index contributed by atoms with van der Waals surface area (Å²) in [5.74, 6) is 1.55. The highest BCUT2D eigenvalue weighted by molar-refractivity contribution is 5.87. The van der Waals surface area contributed by atoms with Crippen LogP contribution in [0.5, 0.6) is 0 Å². The zero-order chi connectivity index (χ0) is 30.1. The lowest BCUT2D eigenvalue weighted by molar-refractivity contribution is 0.353. The van der Waals surface area contributed by atoms with Crippen molar-refractivity contribution >= 4 is 10.8 Å². The number of nitrogens with zero attached hydrogens (tertiary/aromatic N) is 3. The molecule has 2 aliphatic carbocycles. The van der Waals surface area contributed by atoms with Crippen molar-refractivity contribution in [2.75, 3.05) is 0 Å². The Balaban J connectivity index is 1.36. The second-order valence-electron chi connectivity index (χ2n) is 10.5. The molecule has 5 aromatic carbocycles. The van der Waals surface area contributed by atoms with Crippen LogP contribution in [0.15, 0.2) is 115 Å². The summed E-state index contributed by atoms with van der Waals surface area (Å²) in [6.07, 6.45) is -2.50. The Morgan fingerprint density at radius 3 is 1.88 bits per heavy atom. The molecule has 0 unspecified atom stereocenters. The molecule has 1 aromatic heterocycles. The van der Waals surface area contributed by atoms with Crippen molar-refractivity contribution in [3.8, 4) is 45.3 Å². The van der Waals surface area contributed by atoms with Gasteiger partial charge < -0.3 is 0 Å². The third kappa shape index (κ3) is 3.69. The summed E-state index contributed by atoms with van der Waals surface area (Å²) in [5, 5.41) is 2.22. The molecule has 0 N–H and O–H groups in total. The highest BCUT2D eigenvalue weighted by Gasteiger charge is 2.43. The molecule has 0 saturated heterocycles. The van der Waals surface area contributed by atoms with Crippen LogP contribution < -0.4 is 0 Å². The lowest BCUT2D eigenvalue weighted by Crippen LogP contribution is -2.28. The maximum atomic E-state index is 9.31. The minimum Gasteiger partial charge on any atom is -0.208 e. The molecule has 1 fully saturated rings. The van der Waals surface area contributed by atoms with Gasteiger partial charge in [-0.2, -0.15) is 0 Å². The summed E-state index contributed by atoms with van der Waals surface area (Å²) in [6, 6.07) is 37.8. The van der Waals surface area contributed by atoms with Gasteiger partial charge in [-0.15, -0.1) is 0 Å². The van der Waals surface area contributed by atoms with Crippen molar-refractivity contribution in [1.82, 2.24) is 15.0 Å². The van der Waals surface area contributed by atoms with E-state index in [1.165, 1.54) is 0 Å². The van der Waals surface area contributed by atoms with Gasteiger partial charge >= 0.3 is 0 Å². The van der Waals surface area contributed by atoms with E-state index in [1.54, 1.807) is 0 Å². The lowest BCUT2D eigenvalue weighted by Gasteiger charge is -2.36. The number of hydrogen-bond donors (Lipinski definition) is 0. The van der Waals surface area contributed by atoms with Gasteiger partial charge in [-0.05, 0) is 57.9 Å². The molecule has 3 heteroatoms. The molecule has 40 heavy (non-hydrogen) atoms. The van der Waals surface area contributed by atoms with E-state index in [0.29, 0.717) is 47.9 Å². The van der Waals surface area contributed by atoms with E-state index in [4.69, 9.17) is 15.0 Å². The summed E-state index contributed by atoms with van der Waals surface area (Å²) < 4.78 is 37.2. The molecule has 6 aromatic rings. The first kappa shape index (κ1) is 19.4. The van der Waals surface area contributed by atoms with Gasteiger partial charge in [0.25, 0.3) is 0 Å². The number of fused-ring (bicyclic) bond motifs is 6. The van der Waals surface area contributed by atoms with Crippen LogP contribution in [0.4, 0.5) is 0 Å². The van der Waals surface area contributed by atoms with Crippen LogP contribution in [0.1, 0.15) is 48.6 Å². The fraction of sp³-hybridized carbons (Fsp3) is 0.162. The molecule has 0 amide bonds. The molecule has 1 spiro atoms. The van der Waals surface area contributed by atoms with Crippen molar-refractivity contribution in [1.29, 1.82) is 0 Å². The number of benzene rings is 5. The molecule has 2 aliphatic rings. The van der Waals surface area contributed by atoms with Crippen molar-refractivity contribution in [2.45, 2.75) is 37.4 Å². The molecule has 3 nitrogen and oxygen atoms in total. The summed E-state index contributed by atoms with van der Waals surface area (Å²) in [7, 11) is 0. The molecule has 192 valence electrons. The van der Waals surface area contributed by atoms with Gasteiger partial charge in [0.1, 0.15) is 0 Å². The van der Waals surface area contributed by atoms with E-state index in [9.17, 15) is 5.48 Å². The van der Waals surface area contributed by atoms with Crippen LogP contribution in [-0.2, 0) is 5.41 Å². The quantitative estimate of drug-likeness (QED) is 0.234. The second kappa shape index (κ2) is 9.24. The maximum absolute atomic E-state index is 9.31. The minimum atomic E-state index is -1.79. The minimum absolute atomic E-state index is 0.292. The first-order valence-electron chi connectivity index (χ1n) is 15.8. The lowest BCUT2D eigenvalue weighted by atomic mass is 9.67. The summed E-state index contributed by atoms with van der Waals surface area (Å²) in [4.78, 5) is 14.8. The summed E-state index contributed by atoms with van der Waals surface area (Å²) >= 11 is 0. The van der Waals surface area contributed by atoms with Gasteiger partial charge in [-0.25, -0.2) is 15.0 Å². The van der Waals surface area contributed by atoms with Crippen molar-refractivity contribution in [2.24, 2.45) is 0 Å². The molecule has 1 saturated carbocycles. The first-order valence-corrected chi connectivity index (χ1v) is 13.8. The predicted molar refractivity (Wildman–Crippen MR) is 163 cm³/mol. The molecule has 1 heterocycles. The fourth-order valence-electron chi connectivity index (χ4n) is 6.18. The maximum Gasteiger partial charge on any atom is 0.164 e. The van der Waals surface area contributed by atoms with Gasteiger partial charge in [0.2, 0.25) is 0 Å². The Kier molecular flexibility index (Phi) is 4.49. The van der Waals surface area contributed by atoms with Crippen LogP contribution >= 0.6 is 0 Å². The van der Waals surface area contributed by atoms with Crippen LogP contribution in [0.3, 0.4) is 0 Å². The van der Waals surface area contributed by atoms with Gasteiger partial charge in [0, 0.05) is 27.6 Å². The molecule has 0 bridgehead atoms. The van der Waals surface area contributed by atoms with E-state index in [-0.39, 0.29) is 0 Å². The van der Waals surface area contributed by atoms with Crippen molar-refractivity contribution in [3.05, 3.63) is 126 Å². The summed E-state index contributed by atoms with van der Waals surface area (Å²) in [5.41, 5.74) is 4.13.